The summed E-state index contributed by atoms with van der Waals surface area (Å²) in [5, 5.41) is 10.3. The van der Waals surface area contributed by atoms with Gasteiger partial charge in [0.2, 0.25) is 0 Å². The highest BCUT2D eigenvalue weighted by Crippen LogP contribution is 2.36. The lowest BCUT2D eigenvalue weighted by Crippen LogP contribution is -1.81. The summed E-state index contributed by atoms with van der Waals surface area (Å²) in [6.07, 6.45) is 3.54. The van der Waals surface area contributed by atoms with Crippen molar-refractivity contribution in [3.63, 3.8) is 0 Å². The second kappa shape index (κ2) is 4.69. The van der Waals surface area contributed by atoms with Crippen molar-refractivity contribution in [1.29, 1.82) is 5.26 Å². The third kappa shape index (κ3) is 2.01. The molecule has 0 amide bonds. The molecule has 0 atom stereocenters. The van der Waals surface area contributed by atoms with E-state index in [2.05, 4.69) is 32.0 Å². The Morgan fingerprint density at radius 1 is 1.26 bits per heavy atom. The summed E-state index contributed by atoms with van der Waals surface area (Å²) in [6, 6.07) is 9.48. The Morgan fingerprint density at radius 3 is 2.68 bits per heavy atom. The van der Waals surface area contributed by atoms with E-state index in [0.29, 0.717) is 10.6 Å². The molecule has 0 aliphatic rings. The molecule has 0 unspecified atom stereocenters. The fourth-order valence-corrected chi connectivity index (χ4v) is 2.53. The van der Waals surface area contributed by atoms with Gasteiger partial charge in [0.25, 0.3) is 0 Å². The normalized spacial score (nSPS) is 10.6. The molecular weight excluding hydrogens is 326 g/mol. The van der Waals surface area contributed by atoms with Gasteiger partial charge in [-0.1, -0.05) is 23.7 Å². The van der Waals surface area contributed by atoms with Crippen LogP contribution in [0.1, 0.15) is 5.56 Å². The van der Waals surface area contributed by atoms with Gasteiger partial charge in [-0.05, 0) is 33.6 Å². The molecule has 0 radical (unpaired) electrons. The first-order valence-corrected chi connectivity index (χ1v) is 6.69. The van der Waals surface area contributed by atoms with Gasteiger partial charge in [0.15, 0.2) is 0 Å². The monoisotopic (exact) mass is 331 g/mol. The van der Waals surface area contributed by atoms with Crippen molar-refractivity contribution in [2.24, 2.45) is 0 Å². The van der Waals surface area contributed by atoms with Crippen LogP contribution in [0.3, 0.4) is 0 Å². The Balaban J connectivity index is 2.25. The summed E-state index contributed by atoms with van der Waals surface area (Å²) in [5.74, 6) is 0. The van der Waals surface area contributed by atoms with E-state index in [9.17, 15) is 0 Å². The summed E-state index contributed by atoms with van der Waals surface area (Å²) >= 11 is 9.70. The number of halogens is 2. The second-order valence-corrected chi connectivity index (χ2v) is 5.27. The summed E-state index contributed by atoms with van der Waals surface area (Å²) in [4.78, 5) is 7.38. The van der Waals surface area contributed by atoms with Gasteiger partial charge in [0.05, 0.1) is 21.1 Å². The van der Waals surface area contributed by atoms with Crippen molar-refractivity contribution in [3.8, 4) is 17.2 Å². The van der Waals surface area contributed by atoms with Crippen LogP contribution in [0.25, 0.3) is 22.2 Å². The number of H-pyrrole nitrogens is 1. The number of benzene rings is 1. The third-order valence-electron chi connectivity index (χ3n) is 2.92. The minimum atomic E-state index is 0.630. The molecule has 0 saturated heterocycles. The van der Waals surface area contributed by atoms with Crippen molar-refractivity contribution < 1.29 is 0 Å². The predicted molar refractivity (Wildman–Crippen MR) is 79.0 cm³/mol. The molecule has 0 fully saturated rings. The van der Waals surface area contributed by atoms with Crippen LogP contribution in [0.5, 0.6) is 0 Å². The highest BCUT2D eigenvalue weighted by Gasteiger charge is 2.12. The molecule has 3 rings (SSSR count). The van der Waals surface area contributed by atoms with Crippen LogP contribution in [-0.4, -0.2) is 9.97 Å². The molecule has 3 nitrogen and oxygen atoms in total. The highest BCUT2D eigenvalue weighted by atomic mass is 79.9. The van der Waals surface area contributed by atoms with Crippen LogP contribution in [-0.2, 0) is 0 Å². The number of fused-ring (bicyclic) bond motifs is 1. The minimum Gasteiger partial charge on any atom is -0.345 e. The summed E-state index contributed by atoms with van der Waals surface area (Å²) < 4.78 is 0.760. The molecular formula is C14H7BrClN3. The number of hydrogen-bond acceptors (Lipinski definition) is 2. The largest absolute Gasteiger partial charge is 0.345 e. The molecule has 92 valence electrons. The molecule has 1 aromatic carbocycles. The summed E-state index contributed by atoms with van der Waals surface area (Å²) in [7, 11) is 0. The van der Waals surface area contributed by atoms with Crippen LogP contribution < -0.4 is 0 Å². The van der Waals surface area contributed by atoms with E-state index >= 15 is 0 Å². The third-order valence-corrected chi connectivity index (χ3v) is 4.14. The van der Waals surface area contributed by atoms with Crippen LogP contribution in [0.2, 0.25) is 5.02 Å². The average Bonchev–Trinajstić information content (AvgIpc) is 2.88. The van der Waals surface area contributed by atoms with E-state index in [1.54, 1.807) is 18.3 Å². The standard InChI is InChI=1S/C14H7BrClN3/c15-11-7-19-14-12(13(11)16)10(6-18-14)9-3-1-8(5-17)2-4-9/h1-4,6-7H,(H,18,19). The Labute approximate surface area is 123 Å². The SMILES string of the molecule is N#Cc1ccc(-c2c[nH]c3ncc(Br)c(Cl)c23)cc1. The van der Waals surface area contributed by atoms with E-state index in [1.807, 2.05) is 18.3 Å². The quantitative estimate of drug-likeness (QED) is 0.712. The second-order valence-electron chi connectivity index (χ2n) is 4.04. The van der Waals surface area contributed by atoms with Crippen molar-refractivity contribution in [2.45, 2.75) is 0 Å². The Bertz CT molecular complexity index is 800. The Hall–Kier alpha value is -1.83. The van der Waals surface area contributed by atoms with Crippen molar-refractivity contribution in [1.82, 2.24) is 9.97 Å². The first-order chi connectivity index (χ1) is 9.20. The van der Waals surface area contributed by atoms with E-state index in [1.165, 1.54) is 0 Å². The topological polar surface area (TPSA) is 52.5 Å². The van der Waals surface area contributed by atoms with Crippen molar-refractivity contribution >= 4 is 38.6 Å². The van der Waals surface area contributed by atoms with Crippen molar-refractivity contribution in [2.75, 3.05) is 0 Å². The maximum absolute atomic E-state index is 8.82. The maximum Gasteiger partial charge on any atom is 0.139 e. The maximum atomic E-state index is 8.82. The summed E-state index contributed by atoms with van der Waals surface area (Å²) in [6.45, 7) is 0. The van der Waals surface area contributed by atoms with Crippen LogP contribution in [0, 0.1) is 11.3 Å². The lowest BCUT2D eigenvalue weighted by Gasteiger charge is -2.02. The predicted octanol–water partition coefficient (Wildman–Crippen LogP) is 4.52. The average molecular weight is 333 g/mol. The number of aromatic amines is 1. The van der Waals surface area contributed by atoms with Gasteiger partial charge in [-0.25, -0.2) is 4.98 Å². The zero-order chi connectivity index (χ0) is 13.4. The van der Waals surface area contributed by atoms with Gasteiger partial charge >= 0.3 is 0 Å². The zero-order valence-electron chi connectivity index (χ0n) is 9.61. The molecule has 2 heterocycles. The van der Waals surface area contributed by atoms with Crippen LogP contribution >= 0.6 is 27.5 Å². The molecule has 3 aromatic rings. The van der Waals surface area contributed by atoms with Gasteiger partial charge in [0.1, 0.15) is 5.65 Å². The number of hydrogen-bond donors (Lipinski definition) is 1. The molecule has 2 aromatic heterocycles. The van der Waals surface area contributed by atoms with E-state index < -0.39 is 0 Å². The number of rotatable bonds is 1. The number of nitriles is 1. The molecule has 19 heavy (non-hydrogen) atoms. The first-order valence-electron chi connectivity index (χ1n) is 5.52. The molecule has 0 saturated carbocycles. The van der Waals surface area contributed by atoms with Gasteiger partial charge < -0.3 is 4.98 Å². The number of pyridine rings is 1. The number of nitrogens with one attached hydrogen (secondary N) is 1. The Morgan fingerprint density at radius 2 is 2.00 bits per heavy atom. The summed E-state index contributed by atoms with van der Waals surface area (Å²) in [5.41, 5.74) is 3.34. The fourth-order valence-electron chi connectivity index (χ4n) is 1.99. The lowest BCUT2D eigenvalue weighted by molar-refractivity contribution is 1.31. The molecule has 0 aliphatic carbocycles. The fraction of sp³-hybridized carbons (Fsp3) is 0. The van der Waals surface area contributed by atoms with Gasteiger partial charge in [0, 0.05) is 23.3 Å². The van der Waals surface area contributed by atoms with E-state index in [0.717, 1.165) is 26.6 Å². The molecule has 0 aliphatic heterocycles. The molecule has 1 N–H and O–H groups in total. The highest BCUT2D eigenvalue weighted by molar-refractivity contribution is 9.10. The number of nitrogens with zero attached hydrogens (tertiary/aromatic N) is 2. The smallest absolute Gasteiger partial charge is 0.139 e. The zero-order valence-corrected chi connectivity index (χ0v) is 12.0. The van der Waals surface area contributed by atoms with Crippen LogP contribution in [0.15, 0.2) is 41.1 Å². The molecule has 0 spiro atoms. The van der Waals surface area contributed by atoms with Crippen molar-refractivity contribution in [3.05, 3.63) is 51.7 Å². The molecule has 0 bridgehead atoms. The molecule has 5 heteroatoms. The van der Waals surface area contributed by atoms with Crippen LogP contribution in [0.4, 0.5) is 0 Å². The van der Waals surface area contributed by atoms with Gasteiger partial charge in [-0.2, -0.15) is 5.26 Å². The minimum absolute atomic E-state index is 0.630. The van der Waals surface area contributed by atoms with E-state index in [-0.39, 0.29) is 0 Å². The van der Waals surface area contributed by atoms with Gasteiger partial charge in [-0.15, -0.1) is 0 Å². The van der Waals surface area contributed by atoms with Gasteiger partial charge in [-0.3, -0.25) is 0 Å². The number of aromatic nitrogens is 2. The lowest BCUT2D eigenvalue weighted by atomic mass is 10.0. The Kier molecular flexibility index (Phi) is 3.02. The first kappa shape index (κ1) is 12.2. The van der Waals surface area contributed by atoms with E-state index in [4.69, 9.17) is 16.9 Å².